The Labute approximate surface area is 88.8 Å². The summed E-state index contributed by atoms with van der Waals surface area (Å²) in [6, 6.07) is 0. The summed E-state index contributed by atoms with van der Waals surface area (Å²) in [7, 11) is 0. The second-order valence-electron chi connectivity index (χ2n) is 3.06. The van der Waals surface area contributed by atoms with E-state index in [-0.39, 0.29) is 6.42 Å². The predicted molar refractivity (Wildman–Crippen MR) is 54.5 cm³/mol. The van der Waals surface area contributed by atoms with Crippen LogP contribution in [-0.2, 0) is 9.53 Å². The third-order valence-electron chi connectivity index (χ3n) is 1.68. The van der Waals surface area contributed by atoms with Gasteiger partial charge in [-0.25, -0.2) is 4.79 Å². The number of amides is 1. The maximum Gasteiger partial charge on any atom is 0.407 e. The van der Waals surface area contributed by atoms with Crippen molar-refractivity contribution in [2.45, 2.75) is 25.7 Å². The standard InChI is InChI=1S/C9H18N2O4/c10-5-6-11-9(14)15-7-3-1-2-4-8(12)13/h1-7,10H2,(H,11,14)(H,12,13). The number of nitrogens with two attached hydrogens (primary N) is 1. The molecule has 15 heavy (non-hydrogen) atoms. The second kappa shape index (κ2) is 9.26. The highest BCUT2D eigenvalue weighted by Gasteiger charge is 2.00. The highest BCUT2D eigenvalue weighted by molar-refractivity contribution is 5.67. The van der Waals surface area contributed by atoms with Crippen molar-refractivity contribution in [2.75, 3.05) is 19.7 Å². The largest absolute Gasteiger partial charge is 0.481 e. The number of rotatable bonds is 8. The van der Waals surface area contributed by atoms with Gasteiger partial charge in [0.1, 0.15) is 0 Å². The molecular weight excluding hydrogens is 200 g/mol. The van der Waals surface area contributed by atoms with Crippen LogP contribution < -0.4 is 11.1 Å². The first kappa shape index (κ1) is 13.7. The first-order valence-electron chi connectivity index (χ1n) is 4.99. The molecule has 0 saturated heterocycles. The number of ether oxygens (including phenoxy) is 1. The number of carbonyl (C=O) groups is 2. The van der Waals surface area contributed by atoms with Gasteiger partial charge in [-0.3, -0.25) is 4.79 Å². The first-order chi connectivity index (χ1) is 7.16. The zero-order valence-electron chi connectivity index (χ0n) is 8.70. The van der Waals surface area contributed by atoms with Gasteiger partial charge in [-0.05, 0) is 19.3 Å². The van der Waals surface area contributed by atoms with Crippen molar-refractivity contribution in [1.29, 1.82) is 0 Å². The number of carboxylic acid groups (broad SMARTS) is 1. The zero-order valence-corrected chi connectivity index (χ0v) is 8.70. The molecule has 0 bridgehead atoms. The van der Waals surface area contributed by atoms with Crippen molar-refractivity contribution in [2.24, 2.45) is 5.73 Å². The van der Waals surface area contributed by atoms with E-state index in [2.05, 4.69) is 5.32 Å². The minimum atomic E-state index is -0.795. The molecule has 0 atom stereocenters. The second-order valence-corrected chi connectivity index (χ2v) is 3.06. The van der Waals surface area contributed by atoms with Crippen molar-refractivity contribution in [3.05, 3.63) is 0 Å². The van der Waals surface area contributed by atoms with Gasteiger partial charge in [0.05, 0.1) is 6.61 Å². The molecule has 0 rings (SSSR count). The van der Waals surface area contributed by atoms with Gasteiger partial charge in [-0.15, -0.1) is 0 Å². The molecule has 0 aromatic carbocycles. The Hall–Kier alpha value is -1.30. The Kier molecular flexibility index (Phi) is 8.46. The molecule has 0 aliphatic carbocycles. The van der Waals surface area contributed by atoms with Gasteiger partial charge >= 0.3 is 12.1 Å². The van der Waals surface area contributed by atoms with E-state index in [4.69, 9.17) is 15.6 Å². The molecule has 6 nitrogen and oxygen atoms in total. The summed E-state index contributed by atoms with van der Waals surface area (Å²) in [5.74, 6) is -0.795. The predicted octanol–water partition coefficient (Wildman–Crippen LogP) is 0.316. The van der Waals surface area contributed by atoms with Gasteiger partial charge in [0.2, 0.25) is 0 Å². The molecule has 0 aliphatic rings. The van der Waals surface area contributed by atoms with Gasteiger partial charge in [0.15, 0.2) is 0 Å². The van der Waals surface area contributed by atoms with Gasteiger partial charge in [0, 0.05) is 19.5 Å². The molecule has 1 amide bonds. The zero-order chi connectivity index (χ0) is 11.5. The minimum Gasteiger partial charge on any atom is -0.481 e. The number of aliphatic carboxylic acids is 1. The average molecular weight is 218 g/mol. The van der Waals surface area contributed by atoms with Crippen molar-refractivity contribution in [1.82, 2.24) is 5.32 Å². The average Bonchev–Trinajstić information content (AvgIpc) is 2.19. The fourth-order valence-electron chi connectivity index (χ4n) is 0.945. The third-order valence-corrected chi connectivity index (χ3v) is 1.68. The van der Waals surface area contributed by atoms with E-state index >= 15 is 0 Å². The molecule has 0 fully saturated rings. The summed E-state index contributed by atoms with van der Waals surface area (Å²) < 4.78 is 4.80. The van der Waals surface area contributed by atoms with E-state index in [9.17, 15) is 9.59 Å². The van der Waals surface area contributed by atoms with Gasteiger partial charge < -0.3 is 20.9 Å². The van der Waals surface area contributed by atoms with Crippen molar-refractivity contribution < 1.29 is 19.4 Å². The molecule has 0 aromatic heterocycles. The summed E-state index contributed by atoms with van der Waals surface area (Å²) in [5, 5.41) is 10.8. The summed E-state index contributed by atoms with van der Waals surface area (Å²) in [5.41, 5.74) is 5.17. The van der Waals surface area contributed by atoms with Crippen molar-refractivity contribution in [3.8, 4) is 0 Å². The SMILES string of the molecule is NCCNC(=O)OCCCCCC(=O)O. The van der Waals surface area contributed by atoms with Crippen LogP contribution in [0.15, 0.2) is 0 Å². The lowest BCUT2D eigenvalue weighted by atomic mass is 10.2. The Morgan fingerprint density at radius 2 is 2.00 bits per heavy atom. The maximum absolute atomic E-state index is 10.9. The minimum absolute atomic E-state index is 0.166. The van der Waals surface area contributed by atoms with Gasteiger partial charge in [-0.2, -0.15) is 0 Å². The number of hydrogen-bond acceptors (Lipinski definition) is 4. The van der Waals surface area contributed by atoms with Crippen LogP contribution in [0.1, 0.15) is 25.7 Å². The van der Waals surface area contributed by atoms with Crippen LogP contribution in [0.25, 0.3) is 0 Å². The van der Waals surface area contributed by atoms with Crippen LogP contribution in [-0.4, -0.2) is 36.9 Å². The van der Waals surface area contributed by atoms with Crippen molar-refractivity contribution in [3.63, 3.8) is 0 Å². The van der Waals surface area contributed by atoms with E-state index in [0.29, 0.717) is 32.5 Å². The molecule has 0 heterocycles. The fourth-order valence-corrected chi connectivity index (χ4v) is 0.945. The fraction of sp³-hybridized carbons (Fsp3) is 0.778. The quantitative estimate of drug-likeness (QED) is 0.509. The number of carboxylic acids is 1. The van der Waals surface area contributed by atoms with Gasteiger partial charge in [-0.1, -0.05) is 0 Å². The van der Waals surface area contributed by atoms with E-state index in [1.54, 1.807) is 0 Å². The molecule has 4 N–H and O–H groups in total. The monoisotopic (exact) mass is 218 g/mol. The number of nitrogens with one attached hydrogen (secondary N) is 1. The van der Waals surface area contributed by atoms with Gasteiger partial charge in [0.25, 0.3) is 0 Å². The smallest absolute Gasteiger partial charge is 0.407 e. The Morgan fingerprint density at radius 1 is 1.27 bits per heavy atom. The molecule has 0 unspecified atom stereocenters. The molecule has 0 saturated carbocycles. The molecule has 0 spiro atoms. The normalized spacial score (nSPS) is 9.67. The number of alkyl carbamates (subject to hydrolysis) is 1. The van der Waals surface area contributed by atoms with E-state index in [0.717, 1.165) is 6.42 Å². The van der Waals surface area contributed by atoms with Crippen LogP contribution in [0, 0.1) is 0 Å². The van der Waals surface area contributed by atoms with E-state index < -0.39 is 12.1 Å². The summed E-state index contributed by atoms with van der Waals surface area (Å²) in [6.07, 6.45) is 1.74. The van der Waals surface area contributed by atoms with E-state index in [1.165, 1.54) is 0 Å². The first-order valence-corrected chi connectivity index (χ1v) is 4.99. The molecule has 0 aromatic rings. The Morgan fingerprint density at radius 3 is 2.60 bits per heavy atom. The van der Waals surface area contributed by atoms with E-state index in [1.807, 2.05) is 0 Å². The molecule has 6 heteroatoms. The molecular formula is C9H18N2O4. The van der Waals surface area contributed by atoms with Crippen LogP contribution in [0.5, 0.6) is 0 Å². The number of unbranched alkanes of at least 4 members (excludes halogenated alkanes) is 2. The lowest BCUT2D eigenvalue weighted by Crippen LogP contribution is -2.29. The lowest BCUT2D eigenvalue weighted by molar-refractivity contribution is -0.137. The third kappa shape index (κ3) is 10.6. The molecule has 88 valence electrons. The molecule has 0 aliphatic heterocycles. The molecule has 0 radical (unpaired) electrons. The van der Waals surface area contributed by atoms with Crippen LogP contribution in [0.3, 0.4) is 0 Å². The summed E-state index contributed by atoms with van der Waals surface area (Å²) in [6.45, 7) is 1.10. The highest BCUT2D eigenvalue weighted by atomic mass is 16.5. The number of carbonyl (C=O) groups excluding carboxylic acids is 1. The maximum atomic E-state index is 10.9. The summed E-state index contributed by atoms with van der Waals surface area (Å²) >= 11 is 0. The topological polar surface area (TPSA) is 102 Å². The summed E-state index contributed by atoms with van der Waals surface area (Å²) in [4.78, 5) is 21.0. The van der Waals surface area contributed by atoms with Crippen LogP contribution in [0.4, 0.5) is 4.79 Å². The van der Waals surface area contributed by atoms with Crippen LogP contribution in [0.2, 0.25) is 0 Å². The van der Waals surface area contributed by atoms with Crippen LogP contribution >= 0.6 is 0 Å². The highest BCUT2D eigenvalue weighted by Crippen LogP contribution is 1.99. The number of hydrogen-bond donors (Lipinski definition) is 3. The Bertz CT molecular complexity index is 197. The van der Waals surface area contributed by atoms with Crippen molar-refractivity contribution >= 4 is 12.1 Å². The lowest BCUT2D eigenvalue weighted by Gasteiger charge is -2.05. The Balaban J connectivity index is 3.16.